The van der Waals surface area contributed by atoms with Crippen LogP contribution in [0.2, 0.25) is 5.02 Å². The van der Waals surface area contributed by atoms with E-state index in [9.17, 15) is 22.4 Å². The molecule has 0 fully saturated rings. The number of benzene rings is 1. The van der Waals surface area contributed by atoms with Crippen molar-refractivity contribution >= 4 is 32.2 Å². The first-order valence-corrected chi connectivity index (χ1v) is 7.21. The van der Waals surface area contributed by atoms with Crippen molar-refractivity contribution in [1.82, 2.24) is 4.90 Å². The number of carbonyl (C=O) groups is 1. The Morgan fingerprint density at radius 1 is 1.30 bits per heavy atom. The van der Waals surface area contributed by atoms with Crippen molar-refractivity contribution in [2.45, 2.75) is 19.6 Å². The second-order valence-electron chi connectivity index (χ2n) is 3.88. The first-order valence-electron chi connectivity index (χ1n) is 5.83. The molecule has 0 unspecified atom stereocenters. The topological polar surface area (TPSA) is 20.3 Å². The monoisotopic (exact) mass is 325 g/mol. The van der Waals surface area contributed by atoms with Gasteiger partial charge < -0.3 is 4.90 Å². The zero-order valence-electron chi connectivity index (χ0n) is 10.8. The quantitative estimate of drug-likeness (QED) is 0.616. The number of alkyl halides is 3. The van der Waals surface area contributed by atoms with Gasteiger partial charge in [0.15, 0.2) is 0 Å². The molecule has 1 aromatic carbocycles. The lowest BCUT2D eigenvalue weighted by Crippen LogP contribution is -2.39. The molecule has 2 nitrogen and oxygen atoms in total. The molecular weight excluding hydrogens is 314 g/mol. The molecule has 0 aliphatic heterocycles. The molecule has 0 aliphatic carbocycles. The largest absolute Gasteiger partial charge is 0.362 e. The summed E-state index contributed by atoms with van der Waals surface area (Å²) in [4.78, 5) is 13.5. The maximum Gasteiger partial charge on any atom is 0.362 e. The maximum atomic E-state index is 13.4. The summed E-state index contributed by atoms with van der Waals surface area (Å²) in [6.07, 6.45) is 0. The molecule has 8 heteroatoms. The van der Waals surface area contributed by atoms with Crippen LogP contribution >= 0.6 is 11.6 Å². The van der Waals surface area contributed by atoms with Gasteiger partial charge in [0.2, 0.25) is 9.52 Å². The third kappa shape index (κ3) is 3.96. The van der Waals surface area contributed by atoms with Gasteiger partial charge in [0, 0.05) is 13.1 Å². The minimum absolute atomic E-state index is 0.291. The van der Waals surface area contributed by atoms with Crippen molar-refractivity contribution < 1.29 is 22.4 Å². The van der Waals surface area contributed by atoms with Gasteiger partial charge in [-0.25, -0.2) is 4.39 Å². The van der Waals surface area contributed by atoms with Crippen LogP contribution in [-0.2, 0) is 0 Å². The number of hydrogen-bond acceptors (Lipinski definition) is 1. The maximum absolute atomic E-state index is 13.4. The van der Waals surface area contributed by atoms with E-state index in [1.807, 2.05) is 0 Å². The molecule has 1 aromatic rings. The van der Waals surface area contributed by atoms with Crippen LogP contribution in [0.5, 0.6) is 0 Å². The predicted molar refractivity (Wildman–Crippen MR) is 70.1 cm³/mol. The summed E-state index contributed by atoms with van der Waals surface area (Å²) in [7, 11) is -1.60. The molecule has 0 spiro atoms. The molecule has 0 bridgehead atoms. The Balaban J connectivity index is 3.34. The molecule has 110 valence electrons. The Labute approximate surface area is 121 Å². The van der Waals surface area contributed by atoms with Gasteiger partial charge in [0.1, 0.15) is 5.82 Å². The second kappa shape index (κ2) is 6.58. The molecular formula is C12H12ClF4NOSi. The molecule has 0 saturated carbocycles. The van der Waals surface area contributed by atoms with Gasteiger partial charge in [-0.1, -0.05) is 17.7 Å². The van der Waals surface area contributed by atoms with Crippen LogP contribution in [0, 0.1) is 5.82 Å². The average molecular weight is 326 g/mol. The zero-order chi connectivity index (χ0) is 15.5. The van der Waals surface area contributed by atoms with E-state index in [2.05, 4.69) is 0 Å². The zero-order valence-corrected chi connectivity index (χ0v) is 12.6. The van der Waals surface area contributed by atoms with E-state index in [0.29, 0.717) is 13.1 Å². The predicted octanol–water partition coefficient (Wildman–Crippen LogP) is 2.81. The van der Waals surface area contributed by atoms with E-state index in [-0.39, 0.29) is 5.19 Å². The molecule has 0 aliphatic rings. The minimum Gasteiger partial charge on any atom is -0.339 e. The average Bonchev–Trinajstić information content (AvgIpc) is 2.34. The van der Waals surface area contributed by atoms with Gasteiger partial charge in [-0.05, 0) is 25.1 Å². The highest BCUT2D eigenvalue weighted by Gasteiger charge is 2.33. The number of carbonyl (C=O) groups excluding carboxylic acids is 1. The SMILES string of the molecule is CCN(CC)C(=O)c1c([Si]C(F)(F)F)ccc(F)c1Cl. The fourth-order valence-electron chi connectivity index (χ4n) is 1.69. The van der Waals surface area contributed by atoms with Crippen molar-refractivity contribution in [2.75, 3.05) is 13.1 Å². The van der Waals surface area contributed by atoms with Crippen molar-refractivity contribution in [3.8, 4) is 0 Å². The molecule has 1 rings (SSSR count). The second-order valence-corrected chi connectivity index (χ2v) is 5.62. The summed E-state index contributed by atoms with van der Waals surface area (Å²) in [5.41, 5.74) is -0.397. The van der Waals surface area contributed by atoms with Crippen LogP contribution in [0.1, 0.15) is 24.2 Å². The van der Waals surface area contributed by atoms with Crippen molar-refractivity contribution in [3.63, 3.8) is 0 Å². The summed E-state index contributed by atoms with van der Waals surface area (Å²) in [6, 6.07) is 1.80. The lowest BCUT2D eigenvalue weighted by atomic mass is 10.2. The first-order chi connectivity index (χ1) is 9.21. The third-order valence-corrected chi connectivity index (χ3v) is 3.97. The lowest BCUT2D eigenvalue weighted by molar-refractivity contribution is -0.0455. The minimum atomic E-state index is -4.47. The van der Waals surface area contributed by atoms with Gasteiger partial charge in [0.05, 0.1) is 10.6 Å². The Morgan fingerprint density at radius 3 is 2.30 bits per heavy atom. The van der Waals surface area contributed by atoms with E-state index in [1.54, 1.807) is 13.8 Å². The number of amides is 1. The molecule has 0 aromatic heterocycles. The standard InChI is InChI=1S/C12H12ClF4NOSi/c1-3-18(4-2)11(19)9-8(20-12(15,16)17)6-5-7(14)10(9)13/h5-6H,3-4H2,1-2H3. The summed E-state index contributed by atoms with van der Waals surface area (Å²) in [6.45, 7) is 3.97. The molecule has 2 radical (unpaired) electrons. The number of nitrogens with zero attached hydrogens (tertiary/aromatic N) is 1. The summed E-state index contributed by atoms with van der Waals surface area (Å²) < 4.78 is 51.0. The van der Waals surface area contributed by atoms with Gasteiger partial charge >= 0.3 is 5.80 Å². The van der Waals surface area contributed by atoms with Crippen molar-refractivity contribution in [2.24, 2.45) is 0 Å². The van der Waals surface area contributed by atoms with Crippen molar-refractivity contribution in [1.29, 1.82) is 0 Å². The van der Waals surface area contributed by atoms with E-state index in [4.69, 9.17) is 11.6 Å². The summed E-state index contributed by atoms with van der Waals surface area (Å²) in [5, 5.41) is -0.850. The van der Waals surface area contributed by atoms with Crippen LogP contribution in [-0.4, -0.2) is 39.2 Å². The Bertz CT molecular complexity index is 503. The van der Waals surface area contributed by atoms with Crippen LogP contribution in [0.25, 0.3) is 0 Å². The number of halogens is 5. The van der Waals surface area contributed by atoms with Gasteiger partial charge in [-0.2, -0.15) is 13.2 Å². The Morgan fingerprint density at radius 2 is 1.85 bits per heavy atom. The van der Waals surface area contributed by atoms with Gasteiger partial charge in [-0.15, -0.1) is 0 Å². The van der Waals surface area contributed by atoms with Crippen LogP contribution < -0.4 is 5.19 Å². The lowest BCUT2D eigenvalue weighted by Gasteiger charge is -2.21. The van der Waals surface area contributed by atoms with E-state index in [0.717, 1.165) is 12.1 Å². The Kier molecular flexibility index (Phi) is 5.58. The highest BCUT2D eigenvalue weighted by Crippen LogP contribution is 2.22. The van der Waals surface area contributed by atoms with Crippen LogP contribution in [0.3, 0.4) is 0 Å². The van der Waals surface area contributed by atoms with Crippen molar-refractivity contribution in [3.05, 3.63) is 28.5 Å². The number of hydrogen-bond donors (Lipinski definition) is 0. The molecule has 0 atom stereocenters. The van der Waals surface area contributed by atoms with E-state index in [1.165, 1.54) is 4.90 Å². The fraction of sp³-hybridized carbons (Fsp3) is 0.417. The molecule has 0 heterocycles. The van der Waals surface area contributed by atoms with Crippen LogP contribution in [0.15, 0.2) is 12.1 Å². The van der Waals surface area contributed by atoms with E-state index < -0.39 is 37.6 Å². The summed E-state index contributed by atoms with van der Waals surface area (Å²) >= 11 is 5.69. The first kappa shape index (κ1) is 17.0. The normalized spacial score (nSPS) is 11.6. The smallest absolute Gasteiger partial charge is 0.339 e. The fourth-order valence-corrected chi connectivity index (χ4v) is 2.84. The van der Waals surface area contributed by atoms with E-state index >= 15 is 0 Å². The van der Waals surface area contributed by atoms with Gasteiger partial charge in [-0.3, -0.25) is 4.79 Å². The highest BCUT2D eigenvalue weighted by atomic mass is 35.5. The molecule has 20 heavy (non-hydrogen) atoms. The van der Waals surface area contributed by atoms with Crippen LogP contribution in [0.4, 0.5) is 17.6 Å². The van der Waals surface area contributed by atoms with Gasteiger partial charge in [0.25, 0.3) is 5.91 Å². The number of rotatable bonds is 4. The molecule has 0 N–H and O–H groups in total. The molecule has 0 saturated heterocycles. The summed E-state index contributed by atoms with van der Waals surface area (Å²) in [5.74, 6) is -6.07. The third-order valence-electron chi connectivity index (χ3n) is 2.64. The highest BCUT2D eigenvalue weighted by molar-refractivity contribution is 6.58. The Hall–Kier alpha value is -1.08. The molecule has 1 amide bonds.